The number of imide groups is 1. The van der Waals surface area contributed by atoms with Crippen LogP contribution in [0.15, 0.2) is 12.4 Å². The summed E-state index contributed by atoms with van der Waals surface area (Å²) in [6, 6.07) is -0.541. The fourth-order valence-electron chi connectivity index (χ4n) is 1.49. The van der Waals surface area contributed by atoms with Crippen LogP contribution in [-0.2, 0) is 9.59 Å². The van der Waals surface area contributed by atoms with E-state index in [0.29, 0.717) is 5.95 Å². The summed E-state index contributed by atoms with van der Waals surface area (Å²) in [6.07, 6.45) is 3.47. The maximum Gasteiger partial charge on any atom is 0.252 e. The van der Waals surface area contributed by atoms with Gasteiger partial charge in [0.05, 0.1) is 6.42 Å². The van der Waals surface area contributed by atoms with Crippen LogP contribution in [0.5, 0.6) is 0 Å². The fraction of sp³-hybridized carbons (Fsp3) is 0.400. The van der Waals surface area contributed by atoms with E-state index in [1.54, 1.807) is 12.4 Å². The molecule has 0 saturated carbocycles. The molecule has 1 atom stereocenters. The van der Waals surface area contributed by atoms with Crippen molar-refractivity contribution in [2.24, 2.45) is 0 Å². The Bertz CT molecular complexity index is 429. The lowest BCUT2D eigenvalue weighted by Crippen LogP contribution is -2.32. The molecular formula is C10H12N4O2. The number of amides is 2. The van der Waals surface area contributed by atoms with Crippen molar-refractivity contribution in [3.8, 4) is 0 Å². The summed E-state index contributed by atoms with van der Waals surface area (Å²) < 4.78 is 0. The molecule has 6 nitrogen and oxygen atoms in total. The molecule has 1 aromatic heterocycles. The zero-order valence-corrected chi connectivity index (χ0v) is 9.10. The third kappa shape index (κ3) is 1.86. The first-order valence-corrected chi connectivity index (χ1v) is 4.93. The second-order valence-electron chi connectivity index (χ2n) is 3.78. The van der Waals surface area contributed by atoms with E-state index in [-0.39, 0.29) is 18.2 Å². The van der Waals surface area contributed by atoms with E-state index in [4.69, 9.17) is 0 Å². The number of nitrogens with zero attached hydrogens (tertiary/aromatic N) is 3. The number of nitrogens with one attached hydrogen (secondary N) is 1. The zero-order valence-electron chi connectivity index (χ0n) is 9.10. The quantitative estimate of drug-likeness (QED) is 0.707. The van der Waals surface area contributed by atoms with Crippen molar-refractivity contribution in [2.45, 2.75) is 19.4 Å². The molecule has 16 heavy (non-hydrogen) atoms. The molecule has 0 spiro atoms. The van der Waals surface area contributed by atoms with Crippen molar-refractivity contribution >= 4 is 17.8 Å². The summed E-state index contributed by atoms with van der Waals surface area (Å²) in [5.41, 5.74) is 0.941. The van der Waals surface area contributed by atoms with Gasteiger partial charge in [0.15, 0.2) is 0 Å². The number of carbonyl (C=O) groups is 2. The van der Waals surface area contributed by atoms with Gasteiger partial charge in [0.2, 0.25) is 11.9 Å². The molecule has 0 radical (unpaired) electrons. The Hall–Kier alpha value is -1.98. The van der Waals surface area contributed by atoms with Gasteiger partial charge in [-0.3, -0.25) is 14.5 Å². The van der Waals surface area contributed by atoms with Gasteiger partial charge in [-0.1, -0.05) is 0 Å². The summed E-state index contributed by atoms with van der Waals surface area (Å²) in [7, 11) is 1.47. The largest absolute Gasteiger partial charge is 0.342 e. The van der Waals surface area contributed by atoms with Gasteiger partial charge in [-0.2, -0.15) is 0 Å². The summed E-state index contributed by atoms with van der Waals surface area (Å²) >= 11 is 0. The Kier molecular flexibility index (Phi) is 2.55. The minimum absolute atomic E-state index is 0.159. The van der Waals surface area contributed by atoms with E-state index in [2.05, 4.69) is 15.3 Å². The Labute approximate surface area is 92.7 Å². The average molecular weight is 220 g/mol. The highest BCUT2D eigenvalue weighted by Gasteiger charge is 2.36. The molecule has 6 heteroatoms. The third-order valence-corrected chi connectivity index (χ3v) is 2.47. The van der Waals surface area contributed by atoms with Gasteiger partial charge >= 0.3 is 0 Å². The Morgan fingerprint density at radius 1 is 1.38 bits per heavy atom. The molecule has 0 aliphatic carbocycles. The van der Waals surface area contributed by atoms with Gasteiger partial charge in [0, 0.05) is 19.4 Å². The first-order valence-electron chi connectivity index (χ1n) is 4.93. The molecule has 84 valence electrons. The van der Waals surface area contributed by atoms with Crippen LogP contribution >= 0.6 is 0 Å². The van der Waals surface area contributed by atoms with Gasteiger partial charge in [-0.05, 0) is 12.5 Å². The molecule has 1 N–H and O–H groups in total. The number of carbonyl (C=O) groups excluding carboxylic acids is 2. The number of anilines is 1. The van der Waals surface area contributed by atoms with Gasteiger partial charge in [0.1, 0.15) is 6.04 Å². The number of likely N-dealkylation sites (tertiary alicyclic amines) is 1. The van der Waals surface area contributed by atoms with E-state index < -0.39 is 6.04 Å². The molecule has 1 unspecified atom stereocenters. The number of hydrogen-bond donors (Lipinski definition) is 1. The molecule has 2 rings (SSSR count). The summed E-state index contributed by atoms with van der Waals surface area (Å²) in [5, 5.41) is 2.84. The molecule has 0 aromatic carbocycles. The van der Waals surface area contributed by atoms with Crippen LogP contribution in [0.1, 0.15) is 12.0 Å². The summed E-state index contributed by atoms with van der Waals surface area (Å²) in [6.45, 7) is 1.88. The normalized spacial score (nSPS) is 20.4. The van der Waals surface area contributed by atoms with Crippen LogP contribution in [0, 0.1) is 6.92 Å². The van der Waals surface area contributed by atoms with E-state index in [1.165, 1.54) is 7.05 Å². The first kappa shape index (κ1) is 10.5. The van der Waals surface area contributed by atoms with Crippen molar-refractivity contribution in [3.05, 3.63) is 18.0 Å². The predicted molar refractivity (Wildman–Crippen MR) is 56.6 cm³/mol. The van der Waals surface area contributed by atoms with Crippen molar-refractivity contribution in [2.75, 3.05) is 12.4 Å². The Morgan fingerprint density at radius 3 is 2.50 bits per heavy atom. The number of likely N-dealkylation sites (N-methyl/N-ethyl adjacent to an activating group) is 1. The molecular weight excluding hydrogens is 208 g/mol. The molecule has 1 aliphatic heterocycles. The maximum absolute atomic E-state index is 11.6. The lowest BCUT2D eigenvalue weighted by Gasteiger charge is -2.10. The van der Waals surface area contributed by atoms with Crippen LogP contribution < -0.4 is 5.32 Å². The third-order valence-electron chi connectivity index (χ3n) is 2.47. The highest BCUT2D eigenvalue weighted by atomic mass is 16.2. The lowest BCUT2D eigenvalue weighted by atomic mass is 10.2. The number of rotatable bonds is 2. The van der Waals surface area contributed by atoms with Crippen LogP contribution in [0.3, 0.4) is 0 Å². The standard InChI is InChI=1S/C10H12N4O2/c1-6-4-11-10(12-5-6)13-7-3-8(15)14(2)9(7)16/h4-5,7H,3H2,1-2H3,(H,11,12,13). The molecule has 1 aromatic rings. The predicted octanol–water partition coefficient (Wildman–Crippen LogP) is -0.0458. The second kappa shape index (κ2) is 3.88. The highest BCUT2D eigenvalue weighted by molar-refractivity contribution is 6.06. The van der Waals surface area contributed by atoms with Crippen LogP contribution in [0.2, 0.25) is 0 Å². The second-order valence-corrected chi connectivity index (χ2v) is 3.78. The molecule has 0 bridgehead atoms. The van der Waals surface area contributed by atoms with Crippen molar-refractivity contribution in [3.63, 3.8) is 0 Å². The Morgan fingerprint density at radius 2 is 2.00 bits per heavy atom. The number of hydrogen-bond acceptors (Lipinski definition) is 5. The lowest BCUT2D eigenvalue weighted by molar-refractivity contribution is -0.136. The van der Waals surface area contributed by atoms with E-state index in [0.717, 1.165) is 10.5 Å². The van der Waals surface area contributed by atoms with Crippen molar-refractivity contribution < 1.29 is 9.59 Å². The minimum Gasteiger partial charge on any atom is -0.342 e. The van der Waals surface area contributed by atoms with Crippen LogP contribution in [0.4, 0.5) is 5.95 Å². The topological polar surface area (TPSA) is 75.2 Å². The molecule has 2 amide bonds. The van der Waals surface area contributed by atoms with E-state index >= 15 is 0 Å². The molecule has 1 saturated heterocycles. The van der Waals surface area contributed by atoms with Crippen LogP contribution in [0.25, 0.3) is 0 Å². The first-order chi connectivity index (χ1) is 7.58. The van der Waals surface area contributed by atoms with Crippen LogP contribution in [-0.4, -0.2) is 39.8 Å². The summed E-state index contributed by atoms with van der Waals surface area (Å²) in [5.74, 6) is -0.0594. The monoisotopic (exact) mass is 220 g/mol. The zero-order chi connectivity index (χ0) is 11.7. The molecule has 1 aliphatic rings. The van der Waals surface area contributed by atoms with Gasteiger partial charge in [-0.25, -0.2) is 9.97 Å². The van der Waals surface area contributed by atoms with E-state index in [9.17, 15) is 9.59 Å². The van der Waals surface area contributed by atoms with Crippen molar-refractivity contribution in [1.29, 1.82) is 0 Å². The highest BCUT2D eigenvalue weighted by Crippen LogP contribution is 2.14. The SMILES string of the molecule is Cc1cnc(NC2CC(=O)N(C)C2=O)nc1. The molecule has 2 heterocycles. The molecule has 1 fully saturated rings. The van der Waals surface area contributed by atoms with Gasteiger partial charge < -0.3 is 5.32 Å². The fourth-order valence-corrected chi connectivity index (χ4v) is 1.49. The van der Waals surface area contributed by atoms with E-state index in [1.807, 2.05) is 6.92 Å². The minimum atomic E-state index is -0.541. The van der Waals surface area contributed by atoms with Gasteiger partial charge in [-0.15, -0.1) is 0 Å². The van der Waals surface area contributed by atoms with Crippen molar-refractivity contribution in [1.82, 2.24) is 14.9 Å². The average Bonchev–Trinajstić information content (AvgIpc) is 2.50. The summed E-state index contributed by atoms with van der Waals surface area (Å²) in [4.78, 5) is 32.0. The number of aryl methyl sites for hydroxylation is 1. The maximum atomic E-state index is 11.6. The smallest absolute Gasteiger partial charge is 0.252 e. The Balaban J connectivity index is 2.09. The number of aromatic nitrogens is 2. The van der Waals surface area contributed by atoms with Gasteiger partial charge in [0.25, 0.3) is 5.91 Å².